The van der Waals surface area contributed by atoms with Gasteiger partial charge >= 0.3 is 5.97 Å². The lowest BCUT2D eigenvalue weighted by Crippen LogP contribution is -2.45. The third-order valence-corrected chi connectivity index (χ3v) is 4.30. The van der Waals surface area contributed by atoms with Crippen LogP contribution in [0.5, 0.6) is 0 Å². The minimum absolute atomic E-state index is 0.0368. The lowest BCUT2D eigenvalue weighted by atomic mass is 9.87. The molecule has 2 amide bonds. The predicted molar refractivity (Wildman–Crippen MR) is 87.7 cm³/mol. The van der Waals surface area contributed by atoms with Crippen molar-refractivity contribution in [2.75, 3.05) is 13.7 Å². The first-order chi connectivity index (χ1) is 11.0. The van der Waals surface area contributed by atoms with Crippen LogP contribution in [-0.4, -0.2) is 37.5 Å². The highest BCUT2D eigenvalue weighted by molar-refractivity contribution is 5.87. The summed E-state index contributed by atoms with van der Waals surface area (Å²) in [5.41, 5.74) is 0. The van der Waals surface area contributed by atoms with Gasteiger partial charge in [-0.15, -0.1) is 0 Å². The van der Waals surface area contributed by atoms with Gasteiger partial charge in [0, 0.05) is 19.4 Å². The van der Waals surface area contributed by atoms with Crippen molar-refractivity contribution in [1.82, 2.24) is 10.6 Å². The van der Waals surface area contributed by atoms with Crippen molar-refractivity contribution in [3.8, 4) is 0 Å². The van der Waals surface area contributed by atoms with Gasteiger partial charge in [0.1, 0.15) is 6.04 Å². The maximum atomic E-state index is 12.0. The van der Waals surface area contributed by atoms with Gasteiger partial charge in [-0.25, -0.2) is 0 Å². The van der Waals surface area contributed by atoms with Crippen LogP contribution >= 0.6 is 0 Å². The molecule has 2 N–H and O–H groups in total. The molecule has 0 bridgehead atoms. The first-order valence-corrected chi connectivity index (χ1v) is 8.66. The molecule has 1 unspecified atom stereocenters. The Labute approximate surface area is 138 Å². The first-order valence-electron chi connectivity index (χ1n) is 8.66. The van der Waals surface area contributed by atoms with E-state index < -0.39 is 6.04 Å². The largest absolute Gasteiger partial charge is 0.469 e. The topological polar surface area (TPSA) is 84.5 Å². The number of ether oxygens (including phenoxy) is 1. The maximum absolute atomic E-state index is 12.0. The fourth-order valence-electron chi connectivity index (χ4n) is 2.88. The monoisotopic (exact) mass is 326 g/mol. The Morgan fingerprint density at radius 1 is 1.13 bits per heavy atom. The number of methoxy groups -OCH3 is 1. The number of nitrogens with one attached hydrogen (secondary N) is 2. The average molecular weight is 326 g/mol. The van der Waals surface area contributed by atoms with Gasteiger partial charge in [-0.3, -0.25) is 14.4 Å². The molecular weight excluding hydrogens is 296 g/mol. The van der Waals surface area contributed by atoms with Crippen molar-refractivity contribution >= 4 is 17.8 Å². The van der Waals surface area contributed by atoms with E-state index in [2.05, 4.69) is 15.4 Å². The quantitative estimate of drug-likeness (QED) is 0.501. The molecule has 1 aliphatic carbocycles. The molecule has 1 aliphatic rings. The van der Waals surface area contributed by atoms with Crippen molar-refractivity contribution in [2.24, 2.45) is 5.92 Å². The lowest BCUT2D eigenvalue weighted by Gasteiger charge is -2.22. The molecule has 132 valence electrons. The van der Waals surface area contributed by atoms with E-state index in [4.69, 9.17) is 0 Å². The summed E-state index contributed by atoms with van der Waals surface area (Å²) in [6.07, 6.45) is 8.20. The van der Waals surface area contributed by atoms with Gasteiger partial charge in [0.25, 0.3) is 0 Å². The molecule has 1 rings (SSSR count). The molecule has 1 saturated carbocycles. The van der Waals surface area contributed by atoms with E-state index in [1.54, 1.807) is 6.92 Å². The van der Waals surface area contributed by atoms with E-state index >= 15 is 0 Å². The third kappa shape index (κ3) is 8.57. The second-order valence-corrected chi connectivity index (χ2v) is 6.32. The van der Waals surface area contributed by atoms with Crippen LogP contribution < -0.4 is 10.6 Å². The van der Waals surface area contributed by atoms with Crippen molar-refractivity contribution in [2.45, 2.75) is 70.8 Å². The van der Waals surface area contributed by atoms with Gasteiger partial charge < -0.3 is 15.4 Å². The van der Waals surface area contributed by atoms with Gasteiger partial charge in [-0.1, -0.05) is 19.3 Å². The molecule has 0 saturated heterocycles. The van der Waals surface area contributed by atoms with Gasteiger partial charge in [-0.05, 0) is 38.5 Å². The van der Waals surface area contributed by atoms with Crippen LogP contribution in [-0.2, 0) is 19.1 Å². The summed E-state index contributed by atoms with van der Waals surface area (Å²) in [5.74, 6) is 0.0160. The van der Waals surface area contributed by atoms with E-state index in [1.165, 1.54) is 26.4 Å². The van der Waals surface area contributed by atoms with Gasteiger partial charge in [0.2, 0.25) is 11.8 Å². The molecule has 1 fully saturated rings. The Balaban J connectivity index is 2.12. The SMILES string of the molecule is COC(=O)CCCCNC(=O)C(C)NC(=O)CC1CCCCC1. The number of carbonyl (C=O) groups excluding carboxylic acids is 3. The molecule has 0 heterocycles. The Kier molecular flexibility index (Phi) is 9.33. The van der Waals surface area contributed by atoms with Crippen LogP contribution in [0, 0.1) is 5.92 Å². The van der Waals surface area contributed by atoms with Crippen molar-refractivity contribution in [1.29, 1.82) is 0 Å². The van der Waals surface area contributed by atoms with Crippen molar-refractivity contribution in [3.05, 3.63) is 0 Å². The zero-order valence-electron chi connectivity index (χ0n) is 14.4. The molecule has 0 aromatic carbocycles. The summed E-state index contributed by atoms with van der Waals surface area (Å²) in [6.45, 7) is 2.20. The standard InChI is InChI=1S/C17H30N2O4/c1-13(17(22)18-11-7-6-10-16(21)23-2)19-15(20)12-14-8-4-3-5-9-14/h13-14H,3-12H2,1-2H3,(H,18,22)(H,19,20). The number of hydrogen-bond acceptors (Lipinski definition) is 4. The fraction of sp³-hybridized carbons (Fsp3) is 0.824. The molecular formula is C17H30N2O4. The maximum Gasteiger partial charge on any atom is 0.305 e. The predicted octanol–water partition coefficient (Wildman–Crippen LogP) is 1.92. The summed E-state index contributed by atoms with van der Waals surface area (Å²) in [6, 6.07) is -0.522. The van der Waals surface area contributed by atoms with Crippen LogP contribution in [0.1, 0.15) is 64.7 Å². The van der Waals surface area contributed by atoms with Crippen LogP contribution in [0.25, 0.3) is 0 Å². The lowest BCUT2D eigenvalue weighted by molar-refractivity contribution is -0.140. The number of carbonyl (C=O) groups is 3. The summed E-state index contributed by atoms with van der Waals surface area (Å²) in [4.78, 5) is 34.8. The molecule has 0 aromatic rings. The second-order valence-electron chi connectivity index (χ2n) is 6.32. The molecule has 6 heteroatoms. The molecule has 1 atom stereocenters. The minimum Gasteiger partial charge on any atom is -0.469 e. The van der Waals surface area contributed by atoms with Crippen molar-refractivity contribution in [3.63, 3.8) is 0 Å². The van der Waals surface area contributed by atoms with Crippen molar-refractivity contribution < 1.29 is 19.1 Å². The Hall–Kier alpha value is -1.59. The molecule has 6 nitrogen and oxygen atoms in total. The molecule has 0 aromatic heterocycles. The van der Waals surface area contributed by atoms with Gasteiger partial charge in [0.15, 0.2) is 0 Å². The van der Waals surface area contributed by atoms with E-state index in [1.807, 2.05) is 0 Å². The zero-order chi connectivity index (χ0) is 17.1. The molecule has 0 spiro atoms. The van der Waals surface area contributed by atoms with Crippen LogP contribution in [0.4, 0.5) is 0 Å². The van der Waals surface area contributed by atoms with Crippen LogP contribution in [0.3, 0.4) is 0 Å². The fourth-order valence-corrected chi connectivity index (χ4v) is 2.88. The first kappa shape index (κ1) is 19.5. The van der Waals surface area contributed by atoms with E-state index in [0.29, 0.717) is 38.1 Å². The van der Waals surface area contributed by atoms with Crippen LogP contribution in [0.15, 0.2) is 0 Å². The Morgan fingerprint density at radius 3 is 2.48 bits per heavy atom. The third-order valence-electron chi connectivity index (χ3n) is 4.30. The molecule has 23 heavy (non-hydrogen) atoms. The number of esters is 1. The smallest absolute Gasteiger partial charge is 0.305 e. The number of hydrogen-bond donors (Lipinski definition) is 2. The highest BCUT2D eigenvalue weighted by Gasteiger charge is 2.20. The number of unbranched alkanes of at least 4 members (excludes halogenated alkanes) is 1. The van der Waals surface area contributed by atoms with E-state index in [9.17, 15) is 14.4 Å². The summed E-state index contributed by atoms with van der Waals surface area (Å²) in [5, 5.41) is 5.55. The van der Waals surface area contributed by atoms with Gasteiger partial charge in [-0.2, -0.15) is 0 Å². The Bertz CT molecular complexity index is 392. The minimum atomic E-state index is -0.522. The summed E-state index contributed by atoms with van der Waals surface area (Å²) >= 11 is 0. The van der Waals surface area contributed by atoms with E-state index in [-0.39, 0.29) is 17.8 Å². The second kappa shape index (κ2) is 11.0. The molecule has 0 aliphatic heterocycles. The highest BCUT2D eigenvalue weighted by Crippen LogP contribution is 2.26. The highest BCUT2D eigenvalue weighted by atomic mass is 16.5. The Morgan fingerprint density at radius 2 is 1.83 bits per heavy atom. The van der Waals surface area contributed by atoms with Gasteiger partial charge in [0.05, 0.1) is 7.11 Å². The summed E-state index contributed by atoms with van der Waals surface area (Å²) in [7, 11) is 1.36. The number of amides is 2. The average Bonchev–Trinajstić information content (AvgIpc) is 2.54. The normalized spacial score (nSPS) is 16.4. The van der Waals surface area contributed by atoms with E-state index in [0.717, 1.165) is 12.8 Å². The van der Waals surface area contributed by atoms with Crippen LogP contribution in [0.2, 0.25) is 0 Å². The summed E-state index contributed by atoms with van der Waals surface area (Å²) < 4.78 is 4.55. The zero-order valence-corrected chi connectivity index (χ0v) is 14.4. The number of rotatable bonds is 9. The molecule has 0 radical (unpaired) electrons.